The Labute approximate surface area is 166 Å². The minimum absolute atomic E-state index is 0.0147. The maximum Gasteiger partial charge on any atom is 0.417 e. The molecule has 0 aliphatic heterocycles. The van der Waals surface area contributed by atoms with E-state index in [2.05, 4.69) is 0 Å². The molecule has 0 N–H and O–H groups in total. The summed E-state index contributed by atoms with van der Waals surface area (Å²) in [7, 11) is 1.49. The Morgan fingerprint density at radius 1 is 0.828 bits per heavy atom. The first-order chi connectivity index (χ1) is 13.4. The van der Waals surface area contributed by atoms with Gasteiger partial charge in [-0.25, -0.2) is 0 Å². The van der Waals surface area contributed by atoms with Gasteiger partial charge >= 0.3 is 12.4 Å². The summed E-state index contributed by atoms with van der Waals surface area (Å²) in [5.74, 6) is 0. The first-order valence-electron chi connectivity index (χ1n) is 8.13. The molecule has 3 rings (SSSR count). The number of nitrogens with zero attached hydrogens (tertiary/aromatic N) is 1. The van der Waals surface area contributed by atoms with Gasteiger partial charge in [0, 0.05) is 35.6 Å². The maximum absolute atomic E-state index is 13.5. The van der Waals surface area contributed by atoms with Gasteiger partial charge in [0.05, 0.1) is 11.1 Å². The highest BCUT2D eigenvalue weighted by molar-refractivity contribution is 6.30. The van der Waals surface area contributed by atoms with Gasteiger partial charge in [0.25, 0.3) is 0 Å². The van der Waals surface area contributed by atoms with Crippen molar-refractivity contribution < 1.29 is 26.3 Å². The predicted octanol–water partition coefficient (Wildman–Crippen LogP) is 6.41. The van der Waals surface area contributed by atoms with Crippen molar-refractivity contribution in [2.75, 3.05) is 0 Å². The van der Waals surface area contributed by atoms with Gasteiger partial charge in [-0.05, 0) is 35.4 Å². The average Bonchev–Trinajstić information content (AvgIpc) is 2.61. The number of halogens is 7. The molecule has 0 aliphatic rings. The van der Waals surface area contributed by atoms with Crippen molar-refractivity contribution in [2.45, 2.75) is 12.4 Å². The SMILES string of the molecule is Cn1cc(-c2cccc(Cl)c2)c(=O)c(-c2ccc(C(F)(F)F)cc2C(F)(F)F)c1. The van der Waals surface area contributed by atoms with E-state index in [0.717, 1.165) is 6.20 Å². The second-order valence-electron chi connectivity index (χ2n) is 6.35. The highest BCUT2D eigenvalue weighted by Crippen LogP contribution is 2.40. The monoisotopic (exact) mass is 431 g/mol. The molecular weight excluding hydrogens is 420 g/mol. The zero-order valence-corrected chi connectivity index (χ0v) is 15.5. The van der Waals surface area contributed by atoms with Crippen molar-refractivity contribution in [2.24, 2.45) is 7.05 Å². The van der Waals surface area contributed by atoms with Gasteiger partial charge in [-0.1, -0.05) is 29.8 Å². The standard InChI is InChI=1S/C20H12ClF6NO/c1-28-9-15(11-3-2-4-13(21)7-11)18(29)16(10-28)14-6-5-12(19(22,23)24)8-17(14)20(25,26)27/h2-10H,1H3. The summed E-state index contributed by atoms with van der Waals surface area (Å²) >= 11 is 5.92. The lowest BCUT2D eigenvalue weighted by Crippen LogP contribution is -2.16. The minimum atomic E-state index is -5.09. The number of aromatic nitrogens is 1. The van der Waals surface area contributed by atoms with Crippen LogP contribution in [0.15, 0.2) is 59.7 Å². The van der Waals surface area contributed by atoms with Crippen molar-refractivity contribution in [1.82, 2.24) is 4.57 Å². The van der Waals surface area contributed by atoms with Crippen LogP contribution in [0.25, 0.3) is 22.3 Å². The van der Waals surface area contributed by atoms with E-state index in [0.29, 0.717) is 22.7 Å². The molecular formula is C20H12ClF6NO. The molecule has 0 saturated heterocycles. The van der Waals surface area contributed by atoms with Crippen molar-refractivity contribution >= 4 is 11.6 Å². The van der Waals surface area contributed by atoms with Gasteiger partial charge in [-0.2, -0.15) is 26.3 Å². The number of hydrogen-bond acceptors (Lipinski definition) is 1. The Hall–Kier alpha value is -2.74. The first-order valence-corrected chi connectivity index (χ1v) is 8.51. The van der Waals surface area contributed by atoms with Crippen molar-refractivity contribution in [3.63, 3.8) is 0 Å². The van der Waals surface area contributed by atoms with E-state index in [9.17, 15) is 31.1 Å². The van der Waals surface area contributed by atoms with E-state index >= 15 is 0 Å². The largest absolute Gasteiger partial charge is 0.417 e. The number of benzene rings is 2. The summed E-state index contributed by atoms with van der Waals surface area (Å²) in [5.41, 5.74) is -4.29. The van der Waals surface area contributed by atoms with Crippen molar-refractivity contribution in [1.29, 1.82) is 0 Å². The van der Waals surface area contributed by atoms with Gasteiger partial charge in [0.2, 0.25) is 0 Å². The predicted molar refractivity (Wildman–Crippen MR) is 97.6 cm³/mol. The highest BCUT2D eigenvalue weighted by Gasteiger charge is 2.38. The summed E-state index contributed by atoms with van der Waals surface area (Å²) in [5, 5.41) is 0.320. The molecule has 2 nitrogen and oxygen atoms in total. The number of alkyl halides is 6. The zero-order valence-electron chi connectivity index (χ0n) is 14.7. The second-order valence-corrected chi connectivity index (χ2v) is 6.78. The first kappa shape index (κ1) is 21.0. The molecule has 0 spiro atoms. The van der Waals surface area contributed by atoms with Crippen molar-refractivity contribution in [3.05, 3.63) is 81.2 Å². The molecule has 152 valence electrons. The number of rotatable bonds is 2. The van der Waals surface area contributed by atoms with E-state index < -0.39 is 34.5 Å². The summed E-state index contributed by atoms with van der Waals surface area (Å²) in [6.45, 7) is 0. The molecule has 0 saturated carbocycles. The topological polar surface area (TPSA) is 22.0 Å². The lowest BCUT2D eigenvalue weighted by molar-refractivity contribution is -0.142. The molecule has 0 aliphatic carbocycles. The molecule has 0 fully saturated rings. The van der Waals surface area contributed by atoms with Gasteiger partial charge in [-0.15, -0.1) is 0 Å². The normalized spacial score (nSPS) is 12.3. The Morgan fingerprint density at radius 3 is 2.07 bits per heavy atom. The molecule has 9 heteroatoms. The maximum atomic E-state index is 13.5. The van der Waals surface area contributed by atoms with Crippen LogP contribution in [0.2, 0.25) is 5.02 Å². The lowest BCUT2D eigenvalue weighted by Gasteiger charge is -2.17. The van der Waals surface area contributed by atoms with Crippen molar-refractivity contribution in [3.8, 4) is 22.3 Å². The molecule has 0 amide bonds. The molecule has 29 heavy (non-hydrogen) atoms. The summed E-state index contributed by atoms with van der Waals surface area (Å²) in [6.07, 6.45) is -7.48. The smallest absolute Gasteiger partial charge is 0.356 e. The summed E-state index contributed by atoms with van der Waals surface area (Å²) < 4.78 is 80.7. The number of hydrogen-bond donors (Lipinski definition) is 0. The van der Waals surface area contributed by atoms with Crippen LogP contribution >= 0.6 is 11.6 Å². The molecule has 0 radical (unpaired) electrons. The third kappa shape index (κ3) is 4.32. The molecule has 0 unspecified atom stereocenters. The molecule has 0 atom stereocenters. The van der Waals surface area contributed by atoms with Crippen LogP contribution in [0, 0.1) is 0 Å². The number of pyridine rings is 1. The van der Waals surface area contributed by atoms with Crippen LogP contribution in [0.5, 0.6) is 0 Å². The van der Waals surface area contributed by atoms with Crippen LogP contribution in [-0.4, -0.2) is 4.57 Å². The Kier molecular flexibility index (Phi) is 5.25. The Balaban J connectivity index is 2.31. The highest BCUT2D eigenvalue weighted by atomic mass is 35.5. The van der Waals surface area contributed by atoms with E-state index in [1.165, 1.54) is 23.9 Å². The van der Waals surface area contributed by atoms with E-state index in [-0.39, 0.29) is 17.2 Å². The third-order valence-corrected chi connectivity index (χ3v) is 4.47. The molecule has 2 aromatic carbocycles. The van der Waals surface area contributed by atoms with Gasteiger partial charge < -0.3 is 4.57 Å². The average molecular weight is 432 g/mol. The van der Waals surface area contributed by atoms with Crippen LogP contribution in [-0.2, 0) is 19.4 Å². The van der Waals surface area contributed by atoms with Crippen LogP contribution in [0.3, 0.4) is 0 Å². The molecule has 0 bridgehead atoms. The third-order valence-electron chi connectivity index (χ3n) is 4.23. The second kappa shape index (κ2) is 7.26. The minimum Gasteiger partial charge on any atom is -0.356 e. The molecule has 3 aromatic rings. The van der Waals surface area contributed by atoms with Crippen LogP contribution < -0.4 is 5.43 Å². The van der Waals surface area contributed by atoms with Gasteiger partial charge in [0.1, 0.15) is 0 Å². The van der Waals surface area contributed by atoms with E-state index in [1.54, 1.807) is 18.2 Å². The van der Waals surface area contributed by atoms with Crippen LogP contribution in [0.4, 0.5) is 26.3 Å². The van der Waals surface area contributed by atoms with Gasteiger partial charge in [0.15, 0.2) is 5.43 Å². The molecule has 1 heterocycles. The zero-order chi connectivity index (χ0) is 21.6. The summed E-state index contributed by atoms with van der Waals surface area (Å²) in [4.78, 5) is 12.9. The fourth-order valence-corrected chi connectivity index (χ4v) is 3.14. The Bertz CT molecular complexity index is 1130. The Morgan fingerprint density at radius 2 is 1.48 bits per heavy atom. The fraction of sp³-hybridized carbons (Fsp3) is 0.150. The van der Waals surface area contributed by atoms with E-state index in [4.69, 9.17) is 11.6 Å². The van der Waals surface area contributed by atoms with Crippen LogP contribution in [0.1, 0.15) is 11.1 Å². The van der Waals surface area contributed by atoms with Gasteiger partial charge in [-0.3, -0.25) is 4.79 Å². The summed E-state index contributed by atoms with van der Waals surface area (Å²) in [6, 6.07) is 7.38. The number of aryl methyl sites for hydroxylation is 1. The van der Waals surface area contributed by atoms with E-state index in [1.807, 2.05) is 0 Å². The lowest BCUT2D eigenvalue weighted by atomic mass is 9.95. The quantitative estimate of drug-likeness (QED) is 0.430. The fourth-order valence-electron chi connectivity index (χ4n) is 2.95. The molecule has 1 aromatic heterocycles.